The number of hydrogen-bond acceptors (Lipinski definition) is 6. The Bertz CT molecular complexity index is 281. The Morgan fingerprint density at radius 3 is 2.27 bits per heavy atom. The minimum Gasteiger partial charge on any atom is -0.469 e. The number of nitro groups is 1. The number of rotatable bonds is 5. The summed E-state index contributed by atoms with van der Waals surface area (Å²) in [5.74, 6) is -5.89. The summed E-state index contributed by atoms with van der Waals surface area (Å²) in [5, 5.41) is 10.3. The Morgan fingerprint density at radius 2 is 1.93 bits per heavy atom. The molecule has 0 bridgehead atoms. The van der Waals surface area contributed by atoms with Crippen molar-refractivity contribution in [1.82, 2.24) is 0 Å². The molecule has 7 nitrogen and oxygen atoms in total. The number of halogens is 1. The molecule has 0 aromatic heterocycles. The van der Waals surface area contributed by atoms with Gasteiger partial charge < -0.3 is 9.47 Å². The number of hydrogen-bond donors (Lipinski definition) is 0. The Hall–Kier alpha value is -1.73. The van der Waals surface area contributed by atoms with Crippen molar-refractivity contribution in [2.24, 2.45) is 0 Å². The molecule has 0 radical (unpaired) electrons. The van der Waals surface area contributed by atoms with Crippen molar-refractivity contribution in [2.75, 3.05) is 14.2 Å². The molecule has 15 heavy (non-hydrogen) atoms. The van der Waals surface area contributed by atoms with Gasteiger partial charge in [-0.1, -0.05) is 0 Å². The fourth-order valence-electron chi connectivity index (χ4n) is 0.794. The van der Waals surface area contributed by atoms with Crippen LogP contribution in [-0.4, -0.2) is 36.9 Å². The molecule has 0 N–H and O–H groups in total. The van der Waals surface area contributed by atoms with Gasteiger partial charge in [0.25, 0.3) is 0 Å². The predicted molar refractivity (Wildman–Crippen MR) is 44.1 cm³/mol. The van der Waals surface area contributed by atoms with Crippen molar-refractivity contribution in [2.45, 2.75) is 18.6 Å². The first-order chi connectivity index (χ1) is 6.88. The van der Waals surface area contributed by atoms with Gasteiger partial charge in [-0.15, -0.1) is 0 Å². The van der Waals surface area contributed by atoms with Crippen LogP contribution in [-0.2, 0) is 19.1 Å². The second-order valence-corrected chi connectivity index (χ2v) is 2.58. The zero-order chi connectivity index (χ0) is 12.1. The third kappa shape index (κ3) is 3.15. The highest BCUT2D eigenvalue weighted by molar-refractivity contribution is 5.78. The molecule has 0 saturated carbocycles. The van der Waals surface area contributed by atoms with Crippen molar-refractivity contribution in [3.63, 3.8) is 0 Å². The molecule has 0 aliphatic rings. The summed E-state index contributed by atoms with van der Waals surface area (Å²) in [4.78, 5) is 30.3. The first kappa shape index (κ1) is 13.3. The monoisotopic (exact) mass is 223 g/mol. The Kier molecular flexibility index (Phi) is 4.62. The number of ether oxygens (including phenoxy) is 2. The topological polar surface area (TPSA) is 95.7 Å². The molecule has 0 rings (SSSR count). The Labute approximate surface area is 84.3 Å². The van der Waals surface area contributed by atoms with Crippen molar-refractivity contribution in [3.8, 4) is 0 Å². The van der Waals surface area contributed by atoms with E-state index in [0.29, 0.717) is 0 Å². The Morgan fingerprint density at radius 1 is 1.40 bits per heavy atom. The van der Waals surface area contributed by atoms with Crippen LogP contribution in [0, 0.1) is 10.1 Å². The molecule has 0 saturated heterocycles. The van der Waals surface area contributed by atoms with Gasteiger partial charge in [0.15, 0.2) is 0 Å². The van der Waals surface area contributed by atoms with Crippen LogP contribution in [0.3, 0.4) is 0 Å². The summed E-state index contributed by atoms with van der Waals surface area (Å²) in [6.07, 6.45) is -1.50. The highest BCUT2D eigenvalue weighted by Crippen LogP contribution is 2.21. The molecule has 0 heterocycles. The summed E-state index contributed by atoms with van der Waals surface area (Å²) in [6.45, 7) is 0. The van der Waals surface area contributed by atoms with Crippen LogP contribution in [0.15, 0.2) is 0 Å². The van der Waals surface area contributed by atoms with E-state index in [-0.39, 0.29) is 0 Å². The van der Waals surface area contributed by atoms with E-state index in [2.05, 4.69) is 9.47 Å². The molecule has 1 atom stereocenters. The standard InChI is InChI=1S/C7H10FNO6/c1-14-5(10)3-4-7(8,9(12)13)6(11)15-2/h3-4H2,1-2H3. The molecule has 0 spiro atoms. The molecule has 0 aromatic rings. The summed E-state index contributed by atoms with van der Waals surface area (Å²) in [7, 11) is 1.87. The number of alkyl halides is 1. The largest absolute Gasteiger partial charge is 0.469 e. The van der Waals surface area contributed by atoms with Gasteiger partial charge in [-0.3, -0.25) is 14.9 Å². The van der Waals surface area contributed by atoms with E-state index in [1.54, 1.807) is 0 Å². The third-order valence-electron chi connectivity index (χ3n) is 1.68. The number of methoxy groups -OCH3 is 2. The van der Waals surface area contributed by atoms with E-state index < -0.39 is 35.5 Å². The maximum absolute atomic E-state index is 13.4. The summed E-state index contributed by atoms with van der Waals surface area (Å²) in [6, 6.07) is 0. The third-order valence-corrected chi connectivity index (χ3v) is 1.68. The number of carbonyl (C=O) groups excluding carboxylic acids is 2. The van der Waals surface area contributed by atoms with Crippen LogP contribution in [0.2, 0.25) is 0 Å². The molecule has 86 valence electrons. The maximum Gasteiger partial charge on any atom is 0.454 e. The van der Waals surface area contributed by atoms with Gasteiger partial charge in [-0.25, -0.2) is 4.79 Å². The highest BCUT2D eigenvalue weighted by atomic mass is 19.1. The lowest BCUT2D eigenvalue weighted by molar-refractivity contribution is -0.590. The predicted octanol–water partition coefficient (Wildman–Crippen LogP) is 0.0551. The lowest BCUT2D eigenvalue weighted by Gasteiger charge is -2.12. The second kappa shape index (κ2) is 5.23. The summed E-state index contributed by atoms with van der Waals surface area (Å²) in [5.41, 5.74) is 0. The van der Waals surface area contributed by atoms with Gasteiger partial charge in [0.05, 0.1) is 32.0 Å². The first-order valence-electron chi connectivity index (χ1n) is 3.87. The first-order valence-corrected chi connectivity index (χ1v) is 3.87. The minimum absolute atomic E-state index is 0.580. The van der Waals surface area contributed by atoms with E-state index in [0.717, 1.165) is 14.2 Å². The molecular formula is C7H10FNO6. The molecule has 8 heteroatoms. The fraction of sp³-hybridized carbons (Fsp3) is 0.714. The normalized spacial score (nSPS) is 13.8. The van der Waals surface area contributed by atoms with Crippen LogP contribution in [0.1, 0.15) is 12.8 Å². The van der Waals surface area contributed by atoms with Crippen LogP contribution in [0.4, 0.5) is 4.39 Å². The van der Waals surface area contributed by atoms with E-state index >= 15 is 0 Å². The second-order valence-electron chi connectivity index (χ2n) is 2.58. The lowest BCUT2D eigenvalue weighted by atomic mass is 10.1. The SMILES string of the molecule is COC(=O)CCC(F)(C(=O)OC)[N+](=O)[O-]. The molecular weight excluding hydrogens is 213 g/mol. The quantitative estimate of drug-likeness (QED) is 0.283. The highest BCUT2D eigenvalue weighted by Gasteiger charge is 2.53. The average Bonchev–Trinajstić information content (AvgIpc) is 2.23. The lowest BCUT2D eigenvalue weighted by Crippen LogP contribution is -2.43. The Balaban J connectivity index is 4.60. The fourth-order valence-corrected chi connectivity index (χ4v) is 0.794. The molecule has 0 aliphatic carbocycles. The molecule has 0 amide bonds. The van der Waals surface area contributed by atoms with Crippen LogP contribution >= 0.6 is 0 Å². The van der Waals surface area contributed by atoms with E-state index in [1.807, 2.05) is 0 Å². The van der Waals surface area contributed by atoms with Gasteiger partial charge in [-0.2, -0.15) is 4.39 Å². The zero-order valence-electron chi connectivity index (χ0n) is 8.19. The molecule has 1 unspecified atom stereocenters. The van der Waals surface area contributed by atoms with Gasteiger partial charge in [0.1, 0.15) is 0 Å². The van der Waals surface area contributed by atoms with Crippen molar-refractivity contribution in [1.29, 1.82) is 0 Å². The van der Waals surface area contributed by atoms with Crippen molar-refractivity contribution >= 4 is 11.9 Å². The number of esters is 2. The number of carbonyl (C=O) groups is 2. The molecule has 0 aliphatic heterocycles. The van der Waals surface area contributed by atoms with Gasteiger partial charge in [0, 0.05) is 0 Å². The minimum atomic E-state index is -3.40. The van der Waals surface area contributed by atoms with Crippen LogP contribution in [0.25, 0.3) is 0 Å². The summed E-state index contributed by atoms with van der Waals surface area (Å²) >= 11 is 0. The smallest absolute Gasteiger partial charge is 0.454 e. The van der Waals surface area contributed by atoms with Crippen LogP contribution in [0.5, 0.6) is 0 Å². The maximum atomic E-state index is 13.4. The van der Waals surface area contributed by atoms with Gasteiger partial charge >= 0.3 is 17.7 Å². The average molecular weight is 223 g/mol. The van der Waals surface area contributed by atoms with Crippen molar-refractivity contribution < 1.29 is 28.4 Å². The van der Waals surface area contributed by atoms with Crippen LogP contribution < -0.4 is 0 Å². The van der Waals surface area contributed by atoms with E-state index in [4.69, 9.17) is 0 Å². The van der Waals surface area contributed by atoms with Gasteiger partial charge in [-0.05, 0) is 0 Å². The van der Waals surface area contributed by atoms with Crippen molar-refractivity contribution in [3.05, 3.63) is 10.1 Å². The van der Waals surface area contributed by atoms with Gasteiger partial charge in [0.2, 0.25) is 0 Å². The van der Waals surface area contributed by atoms with E-state index in [1.165, 1.54) is 0 Å². The molecule has 0 fully saturated rings. The van der Waals surface area contributed by atoms with E-state index in [9.17, 15) is 24.1 Å². The zero-order valence-corrected chi connectivity index (χ0v) is 8.19. The number of nitrogens with zero attached hydrogens (tertiary/aromatic N) is 1. The molecule has 0 aromatic carbocycles. The summed E-state index contributed by atoms with van der Waals surface area (Å²) < 4.78 is 21.5.